The first kappa shape index (κ1) is 22.5. The Morgan fingerprint density at radius 1 is 1.36 bits per heavy atom. The van der Waals surface area contributed by atoms with Gasteiger partial charge in [-0.05, 0) is 49.8 Å². The van der Waals surface area contributed by atoms with Crippen molar-refractivity contribution in [1.29, 1.82) is 5.26 Å². The molecular weight excluding hydrogens is 416 g/mol. The number of amides is 2. The summed E-state index contributed by atoms with van der Waals surface area (Å²) < 4.78 is 7.44. The lowest BCUT2D eigenvalue weighted by Crippen LogP contribution is -2.41. The van der Waals surface area contributed by atoms with E-state index in [0.717, 1.165) is 35.6 Å². The summed E-state index contributed by atoms with van der Waals surface area (Å²) >= 11 is 0. The first-order valence-electron chi connectivity index (χ1n) is 11.2. The molecule has 8 heteroatoms. The largest absolute Gasteiger partial charge is 0.466 e. The van der Waals surface area contributed by atoms with Crippen molar-refractivity contribution in [3.8, 4) is 11.8 Å². The van der Waals surface area contributed by atoms with Crippen LogP contribution in [0.2, 0.25) is 0 Å². The molecule has 4 N–H and O–H groups in total. The van der Waals surface area contributed by atoms with Gasteiger partial charge in [0, 0.05) is 18.5 Å². The van der Waals surface area contributed by atoms with E-state index in [4.69, 9.17) is 10.2 Å². The molecule has 0 radical (unpaired) electrons. The number of urea groups is 1. The summed E-state index contributed by atoms with van der Waals surface area (Å²) in [6, 6.07) is 13.4. The number of carbonyl (C=O) groups excluding carboxylic acids is 1. The van der Waals surface area contributed by atoms with E-state index in [0.29, 0.717) is 36.5 Å². The molecule has 1 aromatic carbocycles. The Bertz CT molecular complexity index is 1190. The molecule has 0 aliphatic heterocycles. The second-order valence-electron chi connectivity index (χ2n) is 9.40. The zero-order valence-corrected chi connectivity index (χ0v) is 19.3. The van der Waals surface area contributed by atoms with E-state index in [1.54, 1.807) is 4.68 Å². The van der Waals surface area contributed by atoms with E-state index in [9.17, 15) is 10.1 Å². The number of nitrogens with one attached hydrogen (secondary N) is 2. The Morgan fingerprint density at radius 2 is 2.12 bits per heavy atom. The van der Waals surface area contributed by atoms with Crippen LogP contribution in [-0.2, 0) is 12.8 Å². The van der Waals surface area contributed by atoms with Crippen LogP contribution in [0.15, 0.2) is 40.8 Å². The van der Waals surface area contributed by atoms with E-state index >= 15 is 0 Å². The van der Waals surface area contributed by atoms with Crippen molar-refractivity contribution < 1.29 is 9.21 Å². The molecule has 0 saturated carbocycles. The highest BCUT2D eigenvalue weighted by molar-refractivity contribution is 5.74. The minimum atomic E-state index is -0.211. The third-order valence-corrected chi connectivity index (χ3v) is 6.02. The zero-order chi connectivity index (χ0) is 23.6. The second kappa shape index (κ2) is 9.02. The third-order valence-electron chi connectivity index (χ3n) is 6.02. The Kier molecular flexibility index (Phi) is 6.14. The van der Waals surface area contributed by atoms with Crippen LogP contribution in [0, 0.1) is 23.7 Å². The molecule has 1 aliphatic rings. The second-order valence-corrected chi connectivity index (χ2v) is 9.40. The number of aryl methyl sites for hydroxylation is 2. The number of para-hydroxylation sites is 1. The van der Waals surface area contributed by atoms with Gasteiger partial charge in [-0.1, -0.05) is 32.0 Å². The molecule has 0 bridgehead atoms. The molecule has 8 nitrogen and oxygen atoms in total. The number of nitrogen functional groups attached to an aromatic ring is 1. The predicted molar refractivity (Wildman–Crippen MR) is 126 cm³/mol. The molecule has 33 heavy (non-hydrogen) atoms. The van der Waals surface area contributed by atoms with Crippen molar-refractivity contribution in [2.45, 2.75) is 52.5 Å². The van der Waals surface area contributed by atoms with Crippen LogP contribution in [0.5, 0.6) is 0 Å². The number of nitrogens with zero attached hydrogens (tertiary/aromatic N) is 3. The van der Waals surface area contributed by atoms with Gasteiger partial charge in [0.2, 0.25) is 0 Å². The smallest absolute Gasteiger partial charge is 0.315 e. The Hall–Kier alpha value is -3.73. The fourth-order valence-electron chi connectivity index (χ4n) is 4.52. The molecular formula is C25H30N6O2. The van der Waals surface area contributed by atoms with Crippen molar-refractivity contribution in [1.82, 2.24) is 20.4 Å². The van der Waals surface area contributed by atoms with Crippen molar-refractivity contribution in [3.63, 3.8) is 0 Å². The maximum atomic E-state index is 12.6. The molecule has 0 fully saturated rings. The number of hydrogen-bond donors (Lipinski definition) is 3. The molecule has 2 aromatic heterocycles. The molecule has 1 unspecified atom stereocenters. The fourth-order valence-corrected chi connectivity index (χ4v) is 4.52. The van der Waals surface area contributed by atoms with Gasteiger partial charge in [-0.25, -0.2) is 9.48 Å². The van der Waals surface area contributed by atoms with Crippen LogP contribution >= 0.6 is 0 Å². The number of carbonyl (C=O) groups is 1. The van der Waals surface area contributed by atoms with Gasteiger partial charge in [0.1, 0.15) is 29.0 Å². The summed E-state index contributed by atoms with van der Waals surface area (Å²) in [6.45, 7) is 6.77. The van der Waals surface area contributed by atoms with Crippen LogP contribution in [0.4, 0.5) is 10.6 Å². The number of benzene rings is 1. The number of rotatable bonds is 6. The molecule has 1 aliphatic carbocycles. The predicted octanol–water partition coefficient (Wildman–Crippen LogP) is 4.17. The highest BCUT2D eigenvalue weighted by atomic mass is 16.3. The monoisotopic (exact) mass is 446 g/mol. The molecule has 2 heterocycles. The van der Waals surface area contributed by atoms with Gasteiger partial charge in [0.25, 0.3) is 0 Å². The van der Waals surface area contributed by atoms with Crippen LogP contribution in [0.25, 0.3) is 5.69 Å². The molecule has 1 atom stereocenters. The summed E-state index contributed by atoms with van der Waals surface area (Å²) in [5.74, 6) is 2.16. The molecule has 4 rings (SSSR count). The average molecular weight is 447 g/mol. The number of furan rings is 1. The van der Waals surface area contributed by atoms with Crippen LogP contribution in [0.3, 0.4) is 0 Å². The van der Waals surface area contributed by atoms with Gasteiger partial charge in [0.05, 0.1) is 17.4 Å². The SMILES string of the molecule is Cc1cc2c(o1)CC(C)(C)CC2NC(=O)NCCCc1nn(-c2ccccc2)c(N)c1C#N. The standard InChI is InChI=1S/C25H30N6O2/c1-16-12-18-21(13-25(2,3)14-22(18)33-16)29-24(32)28-11-7-10-20-19(15-26)23(27)31(30-20)17-8-5-4-6-9-17/h4-6,8-9,12,21H,7,10-11,13-14,27H2,1-3H3,(H2,28,29,32). The maximum Gasteiger partial charge on any atom is 0.315 e. The molecule has 0 spiro atoms. The minimum Gasteiger partial charge on any atom is -0.466 e. The highest BCUT2D eigenvalue weighted by Gasteiger charge is 2.35. The summed E-state index contributed by atoms with van der Waals surface area (Å²) in [7, 11) is 0. The number of aromatic nitrogens is 2. The first-order chi connectivity index (χ1) is 15.8. The molecule has 0 saturated heterocycles. The lowest BCUT2D eigenvalue weighted by Gasteiger charge is -2.34. The van der Waals surface area contributed by atoms with Crippen molar-refractivity contribution in [2.24, 2.45) is 5.41 Å². The van der Waals surface area contributed by atoms with Gasteiger partial charge in [-0.2, -0.15) is 10.4 Å². The summed E-state index contributed by atoms with van der Waals surface area (Å²) in [5.41, 5.74) is 9.11. The summed E-state index contributed by atoms with van der Waals surface area (Å²) in [5, 5.41) is 20.1. The topological polar surface area (TPSA) is 122 Å². The first-order valence-corrected chi connectivity index (χ1v) is 11.2. The van der Waals surface area contributed by atoms with E-state index in [1.165, 1.54) is 0 Å². The number of fused-ring (bicyclic) bond motifs is 1. The summed E-state index contributed by atoms with van der Waals surface area (Å²) in [4.78, 5) is 12.6. The van der Waals surface area contributed by atoms with E-state index in [-0.39, 0.29) is 17.5 Å². The van der Waals surface area contributed by atoms with E-state index < -0.39 is 0 Å². The number of nitrogens with two attached hydrogens (primary N) is 1. The zero-order valence-electron chi connectivity index (χ0n) is 19.3. The Labute approximate surface area is 193 Å². The highest BCUT2D eigenvalue weighted by Crippen LogP contribution is 2.41. The van der Waals surface area contributed by atoms with Crippen LogP contribution < -0.4 is 16.4 Å². The van der Waals surface area contributed by atoms with E-state index in [2.05, 4.69) is 35.6 Å². The van der Waals surface area contributed by atoms with Gasteiger partial charge in [-0.15, -0.1) is 0 Å². The number of nitriles is 1. The van der Waals surface area contributed by atoms with Crippen molar-refractivity contribution in [2.75, 3.05) is 12.3 Å². The summed E-state index contributed by atoms with van der Waals surface area (Å²) in [6.07, 6.45) is 2.90. The Balaban J connectivity index is 1.34. The minimum absolute atomic E-state index is 0.0560. The van der Waals surface area contributed by atoms with Gasteiger partial charge in [-0.3, -0.25) is 0 Å². The lowest BCUT2D eigenvalue weighted by molar-refractivity contribution is 0.214. The quantitative estimate of drug-likeness (QED) is 0.491. The van der Waals surface area contributed by atoms with Gasteiger partial charge < -0.3 is 20.8 Å². The van der Waals surface area contributed by atoms with Crippen molar-refractivity contribution >= 4 is 11.8 Å². The fraction of sp³-hybridized carbons (Fsp3) is 0.400. The molecule has 3 aromatic rings. The van der Waals surface area contributed by atoms with E-state index in [1.807, 2.05) is 43.3 Å². The van der Waals surface area contributed by atoms with Crippen LogP contribution in [-0.4, -0.2) is 22.4 Å². The Morgan fingerprint density at radius 3 is 2.85 bits per heavy atom. The average Bonchev–Trinajstić information content (AvgIpc) is 3.29. The number of hydrogen-bond acceptors (Lipinski definition) is 5. The third kappa shape index (κ3) is 4.87. The molecule has 2 amide bonds. The van der Waals surface area contributed by atoms with Gasteiger partial charge in [0.15, 0.2) is 0 Å². The van der Waals surface area contributed by atoms with Gasteiger partial charge >= 0.3 is 6.03 Å². The van der Waals surface area contributed by atoms with Crippen LogP contribution in [0.1, 0.15) is 61.1 Å². The molecule has 172 valence electrons. The lowest BCUT2D eigenvalue weighted by atomic mass is 9.75. The van der Waals surface area contributed by atoms with Crippen molar-refractivity contribution in [3.05, 3.63) is 64.7 Å². The number of anilines is 1. The maximum absolute atomic E-state index is 12.6. The normalized spacial score (nSPS) is 16.6.